The van der Waals surface area contributed by atoms with E-state index in [-0.39, 0.29) is 24.0 Å². The van der Waals surface area contributed by atoms with Gasteiger partial charge < -0.3 is 19.2 Å². The van der Waals surface area contributed by atoms with E-state index in [4.69, 9.17) is 9.15 Å². The number of likely N-dealkylation sites (tertiary alicyclic amines) is 1. The summed E-state index contributed by atoms with van der Waals surface area (Å²) in [6.07, 6.45) is 2.32. The van der Waals surface area contributed by atoms with Gasteiger partial charge in [0.05, 0.1) is 24.4 Å². The van der Waals surface area contributed by atoms with Crippen LogP contribution in [0.3, 0.4) is 0 Å². The van der Waals surface area contributed by atoms with E-state index in [1.165, 1.54) is 11.2 Å². The predicted octanol–water partition coefficient (Wildman–Crippen LogP) is 5.35. The maximum atomic E-state index is 13.2. The minimum atomic E-state index is -0.727. The molecule has 5 rings (SSSR count). The Labute approximate surface area is 198 Å². The molecule has 0 spiro atoms. The number of furan rings is 1. The van der Waals surface area contributed by atoms with Gasteiger partial charge in [-0.25, -0.2) is 0 Å². The molecule has 174 valence electrons. The molecule has 0 aliphatic carbocycles. The monoisotopic (exact) mass is 457 g/mol. The number of aliphatic hydroxyl groups excluding tert-OH is 1. The standard InChI is InChI=1S/C28H27NO5/c1-16(2)18-6-8-19(9-7-18)25-24(27(31)28(32)29(25)15-22-5-4-12-33-22)26(30)20-10-11-23-21(14-20)13-17(3)34-23/h4-12,14,16-17,25,30H,13,15H2,1-3H3/b26-24+/t17-,25-/m0/s1. The number of aliphatic hydroxyl groups is 1. The highest BCUT2D eigenvalue weighted by molar-refractivity contribution is 6.46. The Kier molecular flexibility index (Phi) is 5.52. The summed E-state index contributed by atoms with van der Waals surface area (Å²) in [6.45, 7) is 6.33. The number of hydrogen-bond acceptors (Lipinski definition) is 5. The summed E-state index contributed by atoms with van der Waals surface area (Å²) >= 11 is 0. The highest BCUT2D eigenvalue weighted by atomic mass is 16.5. The zero-order chi connectivity index (χ0) is 24.0. The van der Waals surface area contributed by atoms with Crippen LogP contribution in [-0.4, -0.2) is 27.8 Å². The topological polar surface area (TPSA) is 80.0 Å². The molecule has 0 radical (unpaired) electrons. The summed E-state index contributed by atoms with van der Waals surface area (Å²) in [5.41, 5.74) is 3.46. The number of nitrogens with zero attached hydrogens (tertiary/aromatic N) is 1. The molecule has 6 heteroatoms. The van der Waals surface area contributed by atoms with Crippen LogP contribution in [0.15, 0.2) is 70.9 Å². The number of fused-ring (bicyclic) bond motifs is 1. The Hall–Kier alpha value is -3.80. The van der Waals surface area contributed by atoms with Crippen LogP contribution in [-0.2, 0) is 22.6 Å². The highest BCUT2D eigenvalue weighted by Crippen LogP contribution is 2.41. The normalized spacial score (nSPS) is 21.2. The lowest BCUT2D eigenvalue weighted by Crippen LogP contribution is -2.29. The quantitative estimate of drug-likeness (QED) is 0.317. The second-order valence-electron chi connectivity index (χ2n) is 9.28. The fourth-order valence-corrected chi connectivity index (χ4v) is 4.75. The molecule has 2 atom stereocenters. The smallest absolute Gasteiger partial charge is 0.296 e. The molecule has 2 aliphatic rings. The van der Waals surface area contributed by atoms with Crippen molar-refractivity contribution in [2.45, 2.75) is 51.8 Å². The first-order chi connectivity index (χ1) is 16.3. The van der Waals surface area contributed by atoms with Crippen molar-refractivity contribution in [1.29, 1.82) is 0 Å². The van der Waals surface area contributed by atoms with Crippen molar-refractivity contribution in [2.75, 3.05) is 0 Å². The first kappa shape index (κ1) is 22.0. The lowest BCUT2D eigenvalue weighted by Gasteiger charge is -2.25. The Morgan fingerprint density at radius 1 is 1.12 bits per heavy atom. The fourth-order valence-electron chi connectivity index (χ4n) is 4.75. The van der Waals surface area contributed by atoms with Gasteiger partial charge in [0.1, 0.15) is 23.4 Å². The number of ketones is 1. The van der Waals surface area contributed by atoms with Gasteiger partial charge in [-0.3, -0.25) is 9.59 Å². The Morgan fingerprint density at radius 2 is 1.88 bits per heavy atom. The third-order valence-corrected chi connectivity index (χ3v) is 6.53. The van der Waals surface area contributed by atoms with Crippen LogP contribution in [0.25, 0.3) is 5.76 Å². The van der Waals surface area contributed by atoms with Gasteiger partial charge in [-0.1, -0.05) is 38.1 Å². The summed E-state index contributed by atoms with van der Waals surface area (Å²) in [7, 11) is 0. The molecule has 1 saturated heterocycles. The molecule has 1 N–H and O–H groups in total. The molecule has 3 aromatic rings. The Balaban J connectivity index is 1.62. The maximum absolute atomic E-state index is 13.2. The van der Waals surface area contributed by atoms with E-state index in [0.29, 0.717) is 17.2 Å². The zero-order valence-electron chi connectivity index (χ0n) is 19.4. The van der Waals surface area contributed by atoms with Crippen LogP contribution in [0, 0.1) is 0 Å². The van der Waals surface area contributed by atoms with Gasteiger partial charge in [-0.2, -0.15) is 0 Å². The van der Waals surface area contributed by atoms with E-state index in [1.807, 2.05) is 37.3 Å². The number of ether oxygens (including phenoxy) is 1. The van der Waals surface area contributed by atoms with E-state index in [9.17, 15) is 14.7 Å². The number of hydrogen-bond donors (Lipinski definition) is 1. The molecule has 3 heterocycles. The second kappa shape index (κ2) is 8.52. The van der Waals surface area contributed by atoms with Crippen molar-refractivity contribution in [3.05, 3.63) is 94.4 Å². The zero-order valence-corrected chi connectivity index (χ0v) is 19.4. The van der Waals surface area contributed by atoms with Crippen LogP contribution in [0.4, 0.5) is 0 Å². The first-order valence-electron chi connectivity index (χ1n) is 11.5. The van der Waals surface area contributed by atoms with Crippen molar-refractivity contribution < 1.29 is 23.8 Å². The predicted molar refractivity (Wildman–Crippen MR) is 127 cm³/mol. The van der Waals surface area contributed by atoms with Crippen LogP contribution in [0.2, 0.25) is 0 Å². The molecular weight excluding hydrogens is 430 g/mol. The SMILES string of the molecule is CC(C)c1ccc([C@H]2/C(=C(\O)c3ccc4c(c3)C[C@H](C)O4)C(=O)C(=O)N2Cc2ccco2)cc1. The van der Waals surface area contributed by atoms with Gasteiger partial charge in [-0.15, -0.1) is 0 Å². The lowest BCUT2D eigenvalue weighted by atomic mass is 9.92. The van der Waals surface area contributed by atoms with E-state index >= 15 is 0 Å². The van der Waals surface area contributed by atoms with E-state index in [1.54, 1.807) is 24.3 Å². The average molecular weight is 458 g/mol. The van der Waals surface area contributed by atoms with Gasteiger partial charge in [0.25, 0.3) is 11.7 Å². The van der Waals surface area contributed by atoms with Crippen LogP contribution in [0.5, 0.6) is 5.75 Å². The maximum Gasteiger partial charge on any atom is 0.296 e. The largest absolute Gasteiger partial charge is 0.507 e. The summed E-state index contributed by atoms with van der Waals surface area (Å²) in [6, 6.07) is 16.0. The number of rotatable bonds is 5. The molecule has 1 aromatic heterocycles. The number of carbonyl (C=O) groups excluding carboxylic acids is 2. The Bertz CT molecular complexity index is 1270. The molecule has 2 aromatic carbocycles. The van der Waals surface area contributed by atoms with E-state index < -0.39 is 17.7 Å². The number of amides is 1. The molecule has 0 bridgehead atoms. The summed E-state index contributed by atoms with van der Waals surface area (Å²) in [4.78, 5) is 27.8. The minimum absolute atomic E-state index is 0.0609. The molecule has 6 nitrogen and oxygen atoms in total. The number of carbonyl (C=O) groups is 2. The average Bonchev–Trinajstić information content (AvgIpc) is 3.53. The molecule has 1 fully saturated rings. The van der Waals surface area contributed by atoms with Crippen molar-refractivity contribution >= 4 is 17.4 Å². The summed E-state index contributed by atoms with van der Waals surface area (Å²) in [5, 5.41) is 11.3. The van der Waals surface area contributed by atoms with Gasteiger partial charge >= 0.3 is 0 Å². The minimum Gasteiger partial charge on any atom is -0.507 e. The van der Waals surface area contributed by atoms with Crippen molar-refractivity contribution in [1.82, 2.24) is 4.90 Å². The third kappa shape index (κ3) is 3.79. The Morgan fingerprint density at radius 3 is 2.56 bits per heavy atom. The molecule has 0 saturated carbocycles. The molecule has 0 unspecified atom stereocenters. The summed E-state index contributed by atoms with van der Waals surface area (Å²) < 4.78 is 11.2. The first-order valence-corrected chi connectivity index (χ1v) is 11.5. The van der Waals surface area contributed by atoms with Gasteiger partial charge in [-0.05, 0) is 59.9 Å². The third-order valence-electron chi connectivity index (χ3n) is 6.53. The van der Waals surface area contributed by atoms with Crippen molar-refractivity contribution in [3.8, 4) is 5.75 Å². The number of Topliss-reactive ketones (excluding diaryl/α,β-unsaturated/α-hetero) is 1. The van der Waals surface area contributed by atoms with Gasteiger partial charge in [0.2, 0.25) is 0 Å². The van der Waals surface area contributed by atoms with Crippen LogP contribution < -0.4 is 4.74 Å². The van der Waals surface area contributed by atoms with Gasteiger partial charge in [0, 0.05) is 12.0 Å². The van der Waals surface area contributed by atoms with Crippen LogP contribution >= 0.6 is 0 Å². The van der Waals surface area contributed by atoms with Crippen molar-refractivity contribution in [3.63, 3.8) is 0 Å². The van der Waals surface area contributed by atoms with Crippen LogP contribution in [0.1, 0.15) is 60.7 Å². The second-order valence-corrected chi connectivity index (χ2v) is 9.28. The molecule has 34 heavy (non-hydrogen) atoms. The number of benzene rings is 2. The van der Waals surface area contributed by atoms with Crippen molar-refractivity contribution in [2.24, 2.45) is 0 Å². The summed E-state index contributed by atoms with van der Waals surface area (Å²) in [5.74, 6) is 0.152. The molecular formula is C28H27NO5. The van der Waals surface area contributed by atoms with E-state index in [0.717, 1.165) is 28.9 Å². The molecule has 1 amide bonds. The van der Waals surface area contributed by atoms with E-state index in [2.05, 4.69) is 13.8 Å². The lowest BCUT2D eigenvalue weighted by molar-refractivity contribution is -0.140. The fraction of sp³-hybridized carbons (Fsp3) is 0.286. The van der Waals surface area contributed by atoms with Gasteiger partial charge in [0.15, 0.2) is 0 Å². The highest BCUT2D eigenvalue weighted by Gasteiger charge is 2.46. The molecule has 2 aliphatic heterocycles.